The standard InChI is InChI=1S/C6H12N2O5S/c7-4(3-5(8)9)6(10)13-1-2-14(11)12/h4H,1-3,7H2,(H2,8,9)(H,11,12)/t4-/m0/s1. The molecule has 0 rings (SSSR count). The smallest absolute Gasteiger partial charge is 0.323 e. The number of hydrogen-bond acceptors (Lipinski definition) is 5. The minimum Gasteiger partial charge on any atom is -0.463 e. The van der Waals surface area contributed by atoms with Crippen LogP contribution in [0.2, 0.25) is 0 Å². The monoisotopic (exact) mass is 224 g/mol. The number of esters is 1. The Hall–Kier alpha value is -0.990. The van der Waals surface area contributed by atoms with E-state index in [1.165, 1.54) is 0 Å². The summed E-state index contributed by atoms with van der Waals surface area (Å²) in [6, 6.07) is -1.11. The van der Waals surface area contributed by atoms with Crippen LogP contribution in [-0.4, -0.2) is 39.0 Å². The molecule has 82 valence electrons. The van der Waals surface area contributed by atoms with Gasteiger partial charge in [-0.05, 0) is 0 Å². The highest BCUT2D eigenvalue weighted by molar-refractivity contribution is 7.79. The van der Waals surface area contributed by atoms with Crippen LogP contribution in [0.1, 0.15) is 6.42 Å². The number of rotatable bonds is 6. The van der Waals surface area contributed by atoms with Gasteiger partial charge >= 0.3 is 5.97 Å². The maximum Gasteiger partial charge on any atom is 0.323 e. The molecule has 0 aliphatic rings. The molecule has 5 N–H and O–H groups in total. The van der Waals surface area contributed by atoms with Gasteiger partial charge in [0.15, 0.2) is 11.1 Å². The van der Waals surface area contributed by atoms with Crippen molar-refractivity contribution in [3.63, 3.8) is 0 Å². The van der Waals surface area contributed by atoms with Crippen LogP contribution >= 0.6 is 0 Å². The van der Waals surface area contributed by atoms with Gasteiger partial charge in [-0.25, -0.2) is 4.21 Å². The summed E-state index contributed by atoms with van der Waals surface area (Å²) in [6.07, 6.45) is -0.305. The fraction of sp³-hybridized carbons (Fsp3) is 0.667. The average Bonchev–Trinajstić information content (AvgIpc) is 2.01. The lowest BCUT2D eigenvalue weighted by molar-refractivity contribution is -0.145. The van der Waals surface area contributed by atoms with Crippen LogP contribution in [0.15, 0.2) is 0 Å². The zero-order valence-corrected chi connectivity index (χ0v) is 8.16. The molecule has 0 saturated carbocycles. The largest absolute Gasteiger partial charge is 0.463 e. The lowest BCUT2D eigenvalue weighted by Gasteiger charge is -2.08. The molecule has 0 aliphatic heterocycles. The van der Waals surface area contributed by atoms with E-state index in [0.29, 0.717) is 0 Å². The lowest BCUT2D eigenvalue weighted by Crippen LogP contribution is -2.36. The average molecular weight is 224 g/mol. The van der Waals surface area contributed by atoms with E-state index in [9.17, 15) is 13.8 Å². The molecular weight excluding hydrogens is 212 g/mol. The first-order chi connectivity index (χ1) is 6.43. The molecular formula is C6H12N2O5S. The zero-order chi connectivity index (χ0) is 11.1. The van der Waals surface area contributed by atoms with E-state index in [-0.39, 0.29) is 18.8 Å². The normalized spacial score (nSPS) is 14.4. The van der Waals surface area contributed by atoms with Gasteiger partial charge in [-0.1, -0.05) is 0 Å². The summed E-state index contributed by atoms with van der Waals surface area (Å²) in [7, 11) is 0. The molecule has 0 heterocycles. The van der Waals surface area contributed by atoms with Gasteiger partial charge in [0.1, 0.15) is 12.6 Å². The van der Waals surface area contributed by atoms with Gasteiger partial charge in [-0.2, -0.15) is 0 Å². The summed E-state index contributed by atoms with van der Waals surface area (Å²) in [6.45, 7) is -0.214. The molecule has 0 spiro atoms. The highest BCUT2D eigenvalue weighted by atomic mass is 32.2. The molecule has 0 radical (unpaired) electrons. The molecule has 0 aromatic carbocycles. The van der Waals surface area contributed by atoms with Gasteiger partial charge in [0, 0.05) is 0 Å². The Balaban J connectivity index is 3.73. The quantitative estimate of drug-likeness (QED) is 0.351. The van der Waals surface area contributed by atoms with Gasteiger partial charge in [0.2, 0.25) is 5.91 Å². The Morgan fingerprint density at radius 2 is 2.07 bits per heavy atom. The topological polar surface area (TPSA) is 133 Å². The lowest BCUT2D eigenvalue weighted by atomic mass is 10.2. The van der Waals surface area contributed by atoms with E-state index in [0.717, 1.165) is 0 Å². The fourth-order valence-electron chi connectivity index (χ4n) is 0.621. The molecule has 0 aliphatic carbocycles. The van der Waals surface area contributed by atoms with Crippen molar-refractivity contribution in [2.75, 3.05) is 12.4 Å². The summed E-state index contributed by atoms with van der Waals surface area (Å²) in [5, 5.41) is 0. The second-order valence-corrected chi connectivity index (χ2v) is 3.52. The van der Waals surface area contributed by atoms with Crippen LogP contribution in [0, 0.1) is 0 Å². The molecule has 1 unspecified atom stereocenters. The molecule has 0 aromatic rings. The number of ether oxygens (including phenoxy) is 1. The van der Waals surface area contributed by atoms with Gasteiger partial charge in [0.05, 0.1) is 12.2 Å². The molecule has 0 saturated heterocycles. The van der Waals surface area contributed by atoms with E-state index in [2.05, 4.69) is 4.74 Å². The summed E-state index contributed by atoms with van der Waals surface area (Å²) in [5.41, 5.74) is 10.0. The fourth-order valence-corrected chi connectivity index (χ4v) is 0.847. The van der Waals surface area contributed by atoms with Gasteiger partial charge in [0.25, 0.3) is 0 Å². The van der Waals surface area contributed by atoms with Gasteiger partial charge in [-0.3, -0.25) is 9.59 Å². The zero-order valence-electron chi connectivity index (χ0n) is 7.34. The summed E-state index contributed by atoms with van der Waals surface area (Å²) >= 11 is -2.02. The van der Waals surface area contributed by atoms with Crippen molar-refractivity contribution in [1.82, 2.24) is 0 Å². The van der Waals surface area contributed by atoms with Crippen molar-refractivity contribution in [2.24, 2.45) is 11.5 Å². The van der Waals surface area contributed by atoms with Crippen LogP contribution < -0.4 is 11.5 Å². The van der Waals surface area contributed by atoms with E-state index in [1.807, 2.05) is 0 Å². The molecule has 14 heavy (non-hydrogen) atoms. The first-order valence-electron chi connectivity index (χ1n) is 3.71. The first-order valence-corrected chi connectivity index (χ1v) is 4.99. The Labute approximate surface area is 83.1 Å². The number of primary amides is 1. The number of hydrogen-bond donors (Lipinski definition) is 3. The van der Waals surface area contributed by atoms with Crippen molar-refractivity contribution in [1.29, 1.82) is 0 Å². The third-order valence-electron chi connectivity index (χ3n) is 1.23. The summed E-state index contributed by atoms with van der Waals surface area (Å²) < 4.78 is 23.0. The minimum absolute atomic E-state index is 0.185. The van der Waals surface area contributed by atoms with Crippen LogP contribution in [0.4, 0.5) is 0 Å². The second-order valence-electron chi connectivity index (χ2n) is 2.47. The SMILES string of the molecule is NC(=O)C[C@H](N)C(=O)OCCS(=O)O. The van der Waals surface area contributed by atoms with Gasteiger partial charge in [-0.15, -0.1) is 0 Å². The number of nitrogens with two attached hydrogens (primary N) is 2. The minimum atomic E-state index is -2.02. The van der Waals surface area contributed by atoms with Crippen molar-refractivity contribution >= 4 is 23.0 Å². The molecule has 0 aromatic heterocycles. The first kappa shape index (κ1) is 13.0. The predicted molar refractivity (Wildman–Crippen MR) is 48.4 cm³/mol. The van der Waals surface area contributed by atoms with E-state index in [1.54, 1.807) is 0 Å². The highest BCUT2D eigenvalue weighted by Gasteiger charge is 2.17. The van der Waals surface area contributed by atoms with Crippen LogP contribution in [-0.2, 0) is 25.4 Å². The van der Waals surface area contributed by atoms with Crippen molar-refractivity contribution in [3.8, 4) is 0 Å². The number of carbonyl (C=O) groups is 2. The Morgan fingerprint density at radius 3 is 2.50 bits per heavy atom. The van der Waals surface area contributed by atoms with Crippen molar-refractivity contribution in [3.05, 3.63) is 0 Å². The number of amides is 1. The Bertz CT molecular complexity index is 244. The molecule has 0 bridgehead atoms. The molecule has 1 amide bonds. The molecule has 7 nitrogen and oxygen atoms in total. The van der Waals surface area contributed by atoms with Crippen molar-refractivity contribution < 1.29 is 23.1 Å². The maximum atomic E-state index is 10.9. The van der Waals surface area contributed by atoms with E-state index < -0.39 is 29.0 Å². The second kappa shape index (κ2) is 6.46. The van der Waals surface area contributed by atoms with Crippen molar-refractivity contribution in [2.45, 2.75) is 12.5 Å². The third-order valence-corrected chi connectivity index (χ3v) is 1.74. The molecule has 8 heteroatoms. The van der Waals surface area contributed by atoms with E-state index in [4.69, 9.17) is 16.0 Å². The molecule has 2 atom stereocenters. The summed E-state index contributed by atoms with van der Waals surface area (Å²) in [4.78, 5) is 21.3. The Morgan fingerprint density at radius 1 is 1.50 bits per heavy atom. The molecule has 0 fully saturated rings. The highest BCUT2D eigenvalue weighted by Crippen LogP contribution is 1.91. The maximum absolute atomic E-state index is 10.9. The van der Waals surface area contributed by atoms with Gasteiger partial charge < -0.3 is 20.8 Å². The summed E-state index contributed by atoms with van der Waals surface area (Å²) in [5.74, 6) is -1.70. The van der Waals surface area contributed by atoms with Crippen LogP contribution in [0.3, 0.4) is 0 Å². The van der Waals surface area contributed by atoms with Crippen LogP contribution in [0.5, 0.6) is 0 Å². The van der Waals surface area contributed by atoms with E-state index >= 15 is 0 Å². The van der Waals surface area contributed by atoms with Crippen LogP contribution in [0.25, 0.3) is 0 Å². The predicted octanol–water partition coefficient (Wildman–Crippen LogP) is -2.05. The number of carbonyl (C=O) groups excluding carboxylic acids is 2. The third kappa shape index (κ3) is 6.52. The Kier molecular flexibility index (Phi) is 6.00.